The zero-order chi connectivity index (χ0) is 12.1. The Bertz CT molecular complexity index is 611. The lowest BCUT2D eigenvalue weighted by Gasteiger charge is -2.13. The van der Waals surface area contributed by atoms with E-state index in [4.69, 9.17) is 4.42 Å². The second-order valence-electron chi connectivity index (χ2n) is 4.97. The fourth-order valence-electron chi connectivity index (χ4n) is 2.70. The van der Waals surface area contributed by atoms with Crippen molar-refractivity contribution in [2.24, 2.45) is 0 Å². The predicted molar refractivity (Wildman–Crippen MR) is 67.0 cm³/mol. The molecular weight excluding hydrogens is 226 g/mol. The quantitative estimate of drug-likeness (QED) is 0.807. The molecule has 0 N–H and O–H groups in total. The molecule has 0 radical (unpaired) electrons. The van der Waals surface area contributed by atoms with E-state index in [1.165, 1.54) is 0 Å². The van der Waals surface area contributed by atoms with E-state index < -0.39 is 0 Å². The summed E-state index contributed by atoms with van der Waals surface area (Å²) < 4.78 is 5.46. The smallest absolute Gasteiger partial charge is 0.254 e. The molecule has 0 atom stereocenters. The maximum atomic E-state index is 12.3. The van der Waals surface area contributed by atoms with Crippen LogP contribution in [0.5, 0.6) is 0 Å². The highest BCUT2D eigenvalue weighted by molar-refractivity contribution is 6.00. The molecule has 1 aliphatic carbocycles. The van der Waals surface area contributed by atoms with Crippen molar-refractivity contribution in [2.75, 3.05) is 0 Å². The lowest BCUT2D eigenvalue weighted by molar-refractivity contribution is 0.0766. The highest BCUT2D eigenvalue weighted by Crippen LogP contribution is 2.38. The molecule has 1 amide bonds. The van der Waals surface area contributed by atoms with Crippen molar-refractivity contribution in [3.8, 4) is 11.3 Å². The molecule has 2 aromatic rings. The van der Waals surface area contributed by atoms with Gasteiger partial charge in [-0.25, -0.2) is 0 Å². The summed E-state index contributed by atoms with van der Waals surface area (Å²) in [7, 11) is 0. The first-order valence-electron chi connectivity index (χ1n) is 6.31. The number of benzene rings is 1. The van der Waals surface area contributed by atoms with Gasteiger partial charge in [-0.3, -0.25) is 4.79 Å². The molecule has 2 aliphatic rings. The van der Waals surface area contributed by atoms with E-state index >= 15 is 0 Å². The molecule has 1 fully saturated rings. The number of hydrogen-bond donors (Lipinski definition) is 0. The third kappa shape index (κ3) is 1.33. The Morgan fingerprint density at radius 3 is 2.67 bits per heavy atom. The number of rotatable bonds is 2. The summed E-state index contributed by atoms with van der Waals surface area (Å²) in [6.45, 7) is 0.732. The van der Waals surface area contributed by atoms with Crippen molar-refractivity contribution in [3.63, 3.8) is 0 Å². The van der Waals surface area contributed by atoms with Crippen LogP contribution in [0.4, 0.5) is 0 Å². The number of furan rings is 1. The fraction of sp³-hybridized carbons (Fsp3) is 0.267. The molecule has 1 aromatic heterocycles. The molecule has 18 heavy (non-hydrogen) atoms. The number of nitrogens with zero attached hydrogens (tertiary/aromatic N) is 1. The van der Waals surface area contributed by atoms with Crippen LogP contribution in [0.1, 0.15) is 28.8 Å². The van der Waals surface area contributed by atoms with E-state index in [-0.39, 0.29) is 5.91 Å². The van der Waals surface area contributed by atoms with Gasteiger partial charge in [0.25, 0.3) is 5.91 Å². The molecule has 0 bridgehead atoms. The molecule has 1 aliphatic heterocycles. The number of carbonyl (C=O) groups excluding carboxylic acids is 1. The van der Waals surface area contributed by atoms with Gasteiger partial charge in [0.1, 0.15) is 5.76 Å². The van der Waals surface area contributed by atoms with Crippen molar-refractivity contribution >= 4 is 5.91 Å². The molecule has 4 rings (SSSR count). The Morgan fingerprint density at radius 2 is 1.94 bits per heavy atom. The van der Waals surface area contributed by atoms with E-state index in [9.17, 15) is 4.79 Å². The first-order valence-corrected chi connectivity index (χ1v) is 6.31. The maximum absolute atomic E-state index is 12.3. The van der Waals surface area contributed by atoms with E-state index in [1.807, 2.05) is 35.2 Å². The second-order valence-corrected chi connectivity index (χ2v) is 4.97. The minimum absolute atomic E-state index is 0.181. The number of amides is 1. The number of carbonyl (C=O) groups is 1. The van der Waals surface area contributed by atoms with Crippen LogP contribution in [0.25, 0.3) is 11.3 Å². The summed E-state index contributed by atoms with van der Waals surface area (Å²) in [5, 5.41) is 0. The Balaban J connectivity index is 1.83. The highest BCUT2D eigenvalue weighted by atomic mass is 16.3. The van der Waals surface area contributed by atoms with Gasteiger partial charge >= 0.3 is 0 Å². The van der Waals surface area contributed by atoms with Crippen molar-refractivity contribution in [1.29, 1.82) is 0 Å². The zero-order valence-electron chi connectivity index (χ0n) is 9.93. The third-order valence-electron chi connectivity index (χ3n) is 3.77. The van der Waals surface area contributed by atoms with E-state index in [0.29, 0.717) is 6.04 Å². The summed E-state index contributed by atoms with van der Waals surface area (Å²) in [4.78, 5) is 14.3. The predicted octanol–water partition coefficient (Wildman–Crippen LogP) is 3.06. The summed E-state index contributed by atoms with van der Waals surface area (Å²) in [5.41, 5.74) is 3.01. The summed E-state index contributed by atoms with van der Waals surface area (Å²) in [6, 6.07) is 10.2. The number of fused-ring (bicyclic) bond motifs is 1. The topological polar surface area (TPSA) is 33.5 Å². The van der Waals surface area contributed by atoms with Gasteiger partial charge in [-0.05, 0) is 36.6 Å². The zero-order valence-corrected chi connectivity index (χ0v) is 9.93. The standard InChI is InChI=1S/C15H13NO2/c17-15-12-4-1-3-11(14-5-2-8-18-14)13(12)9-16(15)10-6-7-10/h1-5,8,10H,6-7,9H2. The minimum Gasteiger partial charge on any atom is -0.464 e. The summed E-state index contributed by atoms with van der Waals surface area (Å²) in [6.07, 6.45) is 3.97. The average Bonchev–Trinajstić information content (AvgIpc) is 2.97. The van der Waals surface area contributed by atoms with Crippen molar-refractivity contribution in [1.82, 2.24) is 4.90 Å². The van der Waals surface area contributed by atoms with Gasteiger partial charge in [0, 0.05) is 23.7 Å². The Hall–Kier alpha value is -2.03. The molecule has 3 heteroatoms. The first kappa shape index (κ1) is 9.95. The van der Waals surface area contributed by atoms with Crippen LogP contribution in [0.3, 0.4) is 0 Å². The molecule has 0 spiro atoms. The Morgan fingerprint density at radius 1 is 1.11 bits per heavy atom. The normalized spacial score (nSPS) is 18.2. The van der Waals surface area contributed by atoms with Crippen LogP contribution in [0, 0.1) is 0 Å². The molecule has 1 saturated carbocycles. The monoisotopic (exact) mass is 239 g/mol. The highest BCUT2D eigenvalue weighted by Gasteiger charge is 2.39. The number of hydrogen-bond acceptors (Lipinski definition) is 2. The van der Waals surface area contributed by atoms with Gasteiger partial charge in [-0.1, -0.05) is 12.1 Å². The molecule has 1 aromatic carbocycles. The lowest BCUT2D eigenvalue weighted by Crippen LogP contribution is -2.25. The third-order valence-corrected chi connectivity index (χ3v) is 3.77. The molecule has 90 valence electrons. The van der Waals surface area contributed by atoms with Crippen LogP contribution < -0.4 is 0 Å². The molecule has 3 nitrogen and oxygen atoms in total. The van der Waals surface area contributed by atoms with Crippen LogP contribution in [-0.4, -0.2) is 16.8 Å². The van der Waals surface area contributed by atoms with Crippen LogP contribution in [0.15, 0.2) is 41.0 Å². The van der Waals surface area contributed by atoms with Crippen molar-refractivity contribution in [3.05, 3.63) is 47.7 Å². The lowest BCUT2D eigenvalue weighted by atomic mass is 10.0. The molecule has 0 saturated heterocycles. The maximum Gasteiger partial charge on any atom is 0.254 e. The molecular formula is C15H13NO2. The van der Waals surface area contributed by atoms with E-state index in [2.05, 4.69) is 0 Å². The largest absolute Gasteiger partial charge is 0.464 e. The van der Waals surface area contributed by atoms with Gasteiger partial charge in [0.05, 0.1) is 6.26 Å². The Labute approximate surface area is 105 Å². The van der Waals surface area contributed by atoms with E-state index in [0.717, 1.165) is 41.8 Å². The van der Waals surface area contributed by atoms with Crippen molar-refractivity contribution < 1.29 is 9.21 Å². The van der Waals surface area contributed by atoms with Crippen LogP contribution in [-0.2, 0) is 6.54 Å². The summed E-state index contributed by atoms with van der Waals surface area (Å²) >= 11 is 0. The SMILES string of the molecule is O=C1c2cccc(-c3ccco3)c2CN1C1CC1. The van der Waals surface area contributed by atoms with Gasteiger partial charge < -0.3 is 9.32 Å². The molecule has 2 heterocycles. The van der Waals surface area contributed by atoms with Crippen LogP contribution >= 0.6 is 0 Å². The first-order chi connectivity index (χ1) is 8.84. The van der Waals surface area contributed by atoms with E-state index in [1.54, 1.807) is 6.26 Å². The minimum atomic E-state index is 0.181. The van der Waals surface area contributed by atoms with Gasteiger partial charge in [-0.2, -0.15) is 0 Å². The Kier molecular flexibility index (Phi) is 1.92. The fourth-order valence-corrected chi connectivity index (χ4v) is 2.70. The molecule has 0 unspecified atom stereocenters. The second kappa shape index (κ2) is 3.48. The van der Waals surface area contributed by atoms with Crippen LogP contribution in [0.2, 0.25) is 0 Å². The van der Waals surface area contributed by atoms with Crippen molar-refractivity contribution in [2.45, 2.75) is 25.4 Å². The van der Waals surface area contributed by atoms with Gasteiger partial charge in [0.2, 0.25) is 0 Å². The van der Waals surface area contributed by atoms with Gasteiger partial charge in [0.15, 0.2) is 0 Å². The summed E-state index contributed by atoms with van der Waals surface area (Å²) in [5.74, 6) is 1.03. The average molecular weight is 239 g/mol. The van der Waals surface area contributed by atoms with Gasteiger partial charge in [-0.15, -0.1) is 0 Å².